The van der Waals surface area contributed by atoms with Crippen molar-refractivity contribution in [1.82, 2.24) is 4.90 Å². The zero-order chi connectivity index (χ0) is 11.4. The number of hydrogen-bond acceptors (Lipinski definition) is 2. The molecule has 0 aromatic heterocycles. The van der Waals surface area contributed by atoms with Gasteiger partial charge in [0.25, 0.3) is 0 Å². The third-order valence-electron chi connectivity index (χ3n) is 3.20. The van der Waals surface area contributed by atoms with Crippen molar-refractivity contribution in [3.05, 3.63) is 35.6 Å². The van der Waals surface area contributed by atoms with Gasteiger partial charge < -0.3 is 5.11 Å². The van der Waals surface area contributed by atoms with Crippen molar-refractivity contribution in [2.75, 3.05) is 19.7 Å². The normalized spacial score (nSPS) is 21.5. The lowest BCUT2D eigenvalue weighted by Crippen LogP contribution is -2.20. The van der Waals surface area contributed by atoms with E-state index >= 15 is 0 Å². The van der Waals surface area contributed by atoms with E-state index in [4.69, 9.17) is 5.11 Å². The van der Waals surface area contributed by atoms with Crippen LogP contribution in [0.3, 0.4) is 0 Å². The molecule has 2 rings (SSSR count). The molecule has 1 saturated heterocycles. The number of hydrogen-bond donors (Lipinski definition) is 1. The van der Waals surface area contributed by atoms with Gasteiger partial charge in [-0.3, -0.25) is 4.90 Å². The maximum Gasteiger partial charge on any atom is 0.123 e. The second-order valence-corrected chi connectivity index (χ2v) is 4.53. The first kappa shape index (κ1) is 11.6. The Morgan fingerprint density at radius 3 is 3.06 bits per heavy atom. The van der Waals surface area contributed by atoms with Gasteiger partial charge in [-0.2, -0.15) is 0 Å². The van der Waals surface area contributed by atoms with E-state index in [1.165, 1.54) is 6.07 Å². The summed E-state index contributed by atoms with van der Waals surface area (Å²) in [5, 5.41) is 8.87. The number of halogens is 1. The molecule has 1 aliphatic heterocycles. The minimum Gasteiger partial charge on any atom is -0.396 e. The highest BCUT2D eigenvalue weighted by Crippen LogP contribution is 2.21. The molecule has 3 heteroatoms. The number of aliphatic hydroxyl groups is 1. The molecule has 1 unspecified atom stereocenters. The fraction of sp³-hybridized carbons (Fsp3) is 0.538. The van der Waals surface area contributed by atoms with E-state index in [1.807, 2.05) is 6.07 Å². The lowest BCUT2D eigenvalue weighted by atomic mass is 10.1. The summed E-state index contributed by atoms with van der Waals surface area (Å²) in [5.74, 6) is 0.446. The van der Waals surface area contributed by atoms with Gasteiger partial charge in [-0.25, -0.2) is 4.39 Å². The van der Waals surface area contributed by atoms with E-state index in [-0.39, 0.29) is 12.4 Å². The molecule has 0 radical (unpaired) electrons. The van der Waals surface area contributed by atoms with E-state index in [2.05, 4.69) is 4.90 Å². The molecule has 0 bridgehead atoms. The Labute approximate surface area is 95.7 Å². The summed E-state index contributed by atoms with van der Waals surface area (Å²) in [6.07, 6.45) is 2.04. The van der Waals surface area contributed by atoms with Crippen LogP contribution >= 0.6 is 0 Å². The summed E-state index contributed by atoms with van der Waals surface area (Å²) in [6.45, 7) is 3.18. The van der Waals surface area contributed by atoms with Crippen molar-refractivity contribution in [3.8, 4) is 0 Å². The van der Waals surface area contributed by atoms with Crippen molar-refractivity contribution in [2.24, 2.45) is 5.92 Å². The fourth-order valence-electron chi connectivity index (χ4n) is 2.37. The number of likely N-dealkylation sites (tertiary alicyclic amines) is 1. The highest BCUT2D eigenvalue weighted by Gasteiger charge is 2.21. The summed E-state index contributed by atoms with van der Waals surface area (Å²) < 4.78 is 13.0. The molecule has 1 aliphatic rings. The van der Waals surface area contributed by atoms with Crippen molar-refractivity contribution < 1.29 is 9.50 Å². The highest BCUT2D eigenvalue weighted by atomic mass is 19.1. The smallest absolute Gasteiger partial charge is 0.123 e. The first-order valence-electron chi connectivity index (χ1n) is 5.85. The Balaban J connectivity index is 1.87. The van der Waals surface area contributed by atoms with Gasteiger partial charge in [-0.05, 0) is 43.0 Å². The molecule has 1 aromatic rings. The van der Waals surface area contributed by atoms with Crippen LogP contribution in [0.5, 0.6) is 0 Å². The lowest BCUT2D eigenvalue weighted by Gasteiger charge is -2.15. The molecular formula is C13H18FNO. The summed E-state index contributed by atoms with van der Waals surface area (Å²) in [4.78, 5) is 2.33. The van der Waals surface area contributed by atoms with Gasteiger partial charge in [0.2, 0.25) is 0 Å². The zero-order valence-corrected chi connectivity index (χ0v) is 9.40. The predicted molar refractivity (Wildman–Crippen MR) is 61.5 cm³/mol. The van der Waals surface area contributed by atoms with Gasteiger partial charge >= 0.3 is 0 Å². The molecule has 1 fully saturated rings. The van der Waals surface area contributed by atoms with Crippen LogP contribution in [-0.4, -0.2) is 29.7 Å². The van der Waals surface area contributed by atoms with Gasteiger partial charge in [0.1, 0.15) is 5.82 Å². The van der Waals surface area contributed by atoms with Crippen LogP contribution < -0.4 is 0 Å². The van der Waals surface area contributed by atoms with Crippen molar-refractivity contribution in [3.63, 3.8) is 0 Å². The molecule has 0 spiro atoms. The quantitative estimate of drug-likeness (QED) is 0.844. The Morgan fingerprint density at radius 1 is 1.44 bits per heavy atom. The van der Waals surface area contributed by atoms with E-state index in [0.717, 1.165) is 38.0 Å². The average Bonchev–Trinajstić information content (AvgIpc) is 2.66. The van der Waals surface area contributed by atoms with Crippen LogP contribution in [-0.2, 0) is 6.54 Å². The van der Waals surface area contributed by atoms with Crippen LogP contribution in [0.1, 0.15) is 18.4 Å². The number of rotatable bonds is 4. The molecule has 1 N–H and O–H groups in total. The van der Waals surface area contributed by atoms with E-state index in [1.54, 1.807) is 12.1 Å². The number of nitrogens with zero attached hydrogens (tertiary/aromatic N) is 1. The Bertz CT molecular complexity index is 342. The molecule has 88 valence electrons. The lowest BCUT2D eigenvalue weighted by molar-refractivity contribution is 0.249. The maximum absolute atomic E-state index is 13.0. The zero-order valence-electron chi connectivity index (χ0n) is 9.40. The largest absolute Gasteiger partial charge is 0.396 e. The second kappa shape index (κ2) is 5.41. The second-order valence-electron chi connectivity index (χ2n) is 4.53. The highest BCUT2D eigenvalue weighted by molar-refractivity contribution is 5.16. The first-order chi connectivity index (χ1) is 7.78. The van der Waals surface area contributed by atoms with Crippen LogP contribution in [0.15, 0.2) is 24.3 Å². The van der Waals surface area contributed by atoms with E-state index < -0.39 is 0 Å². The summed E-state index contributed by atoms with van der Waals surface area (Å²) in [7, 11) is 0. The summed E-state index contributed by atoms with van der Waals surface area (Å²) in [5.41, 5.74) is 1.03. The van der Waals surface area contributed by atoms with Crippen LogP contribution in [0.4, 0.5) is 4.39 Å². The number of aliphatic hydroxyl groups excluding tert-OH is 1. The molecular weight excluding hydrogens is 205 g/mol. The topological polar surface area (TPSA) is 23.5 Å². The molecule has 1 atom stereocenters. The molecule has 1 aromatic carbocycles. The van der Waals surface area contributed by atoms with Gasteiger partial charge in [0.05, 0.1) is 0 Å². The van der Waals surface area contributed by atoms with Gasteiger partial charge in [-0.1, -0.05) is 12.1 Å². The average molecular weight is 223 g/mol. The van der Waals surface area contributed by atoms with Crippen LogP contribution in [0.25, 0.3) is 0 Å². The van der Waals surface area contributed by atoms with Crippen molar-refractivity contribution in [2.45, 2.75) is 19.4 Å². The van der Waals surface area contributed by atoms with E-state index in [0.29, 0.717) is 5.92 Å². The Hall–Kier alpha value is -0.930. The maximum atomic E-state index is 13.0. The molecule has 2 nitrogen and oxygen atoms in total. The molecule has 1 heterocycles. The third kappa shape index (κ3) is 3.03. The van der Waals surface area contributed by atoms with E-state index in [9.17, 15) is 4.39 Å². The summed E-state index contributed by atoms with van der Waals surface area (Å²) in [6, 6.07) is 6.79. The molecule has 0 saturated carbocycles. The molecule has 0 aliphatic carbocycles. The molecule has 16 heavy (non-hydrogen) atoms. The standard InChI is InChI=1S/C13H18FNO/c14-13-3-1-2-12(8-13)10-15-6-4-11(9-15)5-7-16/h1-3,8,11,16H,4-7,9-10H2. The summed E-state index contributed by atoms with van der Waals surface area (Å²) >= 11 is 0. The van der Waals surface area contributed by atoms with Gasteiger partial charge in [0, 0.05) is 19.7 Å². The van der Waals surface area contributed by atoms with Crippen LogP contribution in [0, 0.1) is 11.7 Å². The first-order valence-corrected chi connectivity index (χ1v) is 5.85. The monoisotopic (exact) mass is 223 g/mol. The molecule has 0 amide bonds. The SMILES string of the molecule is OCCC1CCN(Cc2cccc(F)c2)C1. The van der Waals surface area contributed by atoms with Crippen LogP contribution in [0.2, 0.25) is 0 Å². The third-order valence-corrected chi connectivity index (χ3v) is 3.20. The predicted octanol–water partition coefficient (Wildman–Crippen LogP) is 2.03. The van der Waals surface area contributed by atoms with Crippen molar-refractivity contribution in [1.29, 1.82) is 0 Å². The van der Waals surface area contributed by atoms with Gasteiger partial charge in [0.15, 0.2) is 0 Å². The Kier molecular flexibility index (Phi) is 3.91. The minimum atomic E-state index is -0.163. The van der Waals surface area contributed by atoms with Crippen molar-refractivity contribution >= 4 is 0 Å². The Morgan fingerprint density at radius 2 is 2.31 bits per heavy atom. The fourth-order valence-corrected chi connectivity index (χ4v) is 2.37. The minimum absolute atomic E-state index is 0.163. The van der Waals surface area contributed by atoms with Gasteiger partial charge in [-0.15, -0.1) is 0 Å². The number of benzene rings is 1.